The van der Waals surface area contributed by atoms with E-state index in [1.165, 1.54) is 16.8 Å². The van der Waals surface area contributed by atoms with Crippen LogP contribution < -0.4 is 5.32 Å². The summed E-state index contributed by atoms with van der Waals surface area (Å²) in [7, 11) is 0. The van der Waals surface area contributed by atoms with Crippen LogP contribution in [0, 0.1) is 6.92 Å². The van der Waals surface area contributed by atoms with Gasteiger partial charge in [0.15, 0.2) is 5.69 Å². The highest BCUT2D eigenvalue weighted by Crippen LogP contribution is 2.30. The Kier molecular flexibility index (Phi) is 4.69. The van der Waals surface area contributed by atoms with E-state index < -0.39 is 17.6 Å². The quantitative estimate of drug-likeness (QED) is 0.727. The minimum Gasteiger partial charge on any atom is -0.321 e. The molecule has 9 heteroatoms. The van der Waals surface area contributed by atoms with Crippen molar-refractivity contribution in [3.05, 3.63) is 70.5 Å². The fraction of sp³-hybridized carbons (Fsp3) is 0.118. The Bertz CT molecular complexity index is 951. The molecule has 0 radical (unpaired) electrons. The van der Waals surface area contributed by atoms with Gasteiger partial charge in [-0.3, -0.25) is 4.79 Å². The van der Waals surface area contributed by atoms with Crippen LogP contribution in [0.3, 0.4) is 0 Å². The van der Waals surface area contributed by atoms with Crippen molar-refractivity contribution in [2.24, 2.45) is 0 Å². The number of nitrogens with zero attached hydrogens (tertiary/aromatic N) is 3. The monoisotopic (exact) mass is 380 g/mol. The van der Waals surface area contributed by atoms with Crippen molar-refractivity contribution in [1.29, 1.82) is 0 Å². The second kappa shape index (κ2) is 6.80. The minimum atomic E-state index is -4.43. The largest absolute Gasteiger partial charge is 0.416 e. The SMILES string of the molecule is Cc1c(C(=O)Nc2ccc(C(F)(F)F)cc2)nnn1-c1cccc(Cl)c1. The lowest BCUT2D eigenvalue weighted by atomic mass is 10.2. The molecule has 3 aromatic rings. The molecule has 26 heavy (non-hydrogen) atoms. The summed E-state index contributed by atoms with van der Waals surface area (Å²) in [6.07, 6.45) is -4.43. The maximum absolute atomic E-state index is 12.6. The molecule has 3 rings (SSSR count). The molecule has 0 aliphatic carbocycles. The molecule has 0 aliphatic rings. The van der Waals surface area contributed by atoms with Gasteiger partial charge < -0.3 is 5.32 Å². The van der Waals surface area contributed by atoms with E-state index >= 15 is 0 Å². The van der Waals surface area contributed by atoms with E-state index in [-0.39, 0.29) is 11.4 Å². The molecule has 0 fully saturated rings. The maximum Gasteiger partial charge on any atom is 0.416 e. The van der Waals surface area contributed by atoms with Crippen molar-refractivity contribution in [3.8, 4) is 5.69 Å². The van der Waals surface area contributed by atoms with Crippen LogP contribution in [0.25, 0.3) is 5.69 Å². The maximum atomic E-state index is 12.6. The Morgan fingerprint density at radius 2 is 1.85 bits per heavy atom. The molecule has 1 heterocycles. The van der Waals surface area contributed by atoms with E-state index in [1.54, 1.807) is 31.2 Å². The minimum absolute atomic E-state index is 0.0601. The summed E-state index contributed by atoms with van der Waals surface area (Å²) in [5.41, 5.74) is 0.593. The van der Waals surface area contributed by atoms with Crippen molar-refractivity contribution in [2.75, 3.05) is 5.32 Å². The molecule has 0 bridgehead atoms. The number of rotatable bonds is 3. The zero-order chi connectivity index (χ0) is 18.9. The van der Waals surface area contributed by atoms with Crippen molar-refractivity contribution in [1.82, 2.24) is 15.0 Å². The zero-order valence-corrected chi connectivity index (χ0v) is 14.1. The molecule has 1 amide bonds. The van der Waals surface area contributed by atoms with Crippen LogP contribution in [0.4, 0.5) is 18.9 Å². The van der Waals surface area contributed by atoms with Gasteiger partial charge in [0.05, 0.1) is 16.9 Å². The lowest BCUT2D eigenvalue weighted by Crippen LogP contribution is -2.14. The molecule has 2 aromatic carbocycles. The summed E-state index contributed by atoms with van der Waals surface area (Å²) >= 11 is 5.95. The van der Waals surface area contributed by atoms with Gasteiger partial charge in [0.1, 0.15) is 0 Å². The number of hydrogen-bond acceptors (Lipinski definition) is 3. The van der Waals surface area contributed by atoms with Gasteiger partial charge in [0.2, 0.25) is 0 Å². The van der Waals surface area contributed by atoms with Gasteiger partial charge in [0.25, 0.3) is 5.91 Å². The Morgan fingerprint density at radius 3 is 2.46 bits per heavy atom. The van der Waals surface area contributed by atoms with Crippen LogP contribution in [-0.4, -0.2) is 20.9 Å². The second-order valence-electron chi connectivity index (χ2n) is 5.44. The van der Waals surface area contributed by atoms with Crippen LogP contribution >= 0.6 is 11.6 Å². The first-order chi connectivity index (χ1) is 12.3. The van der Waals surface area contributed by atoms with E-state index in [0.717, 1.165) is 12.1 Å². The highest BCUT2D eigenvalue weighted by atomic mass is 35.5. The highest BCUT2D eigenvalue weighted by Gasteiger charge is 2.30. The zero-order valence-electron chi connectivity index (χ0n) is 13.4. The molecule has 0 unspecified atom stereocenters. The van der Waals surface area contributed by atoms with E-state index in [4.69, 9.17) is 11.6 Å². The lowest BCUT2D eigenvalue weighted by Gasteiger charge is -2.08. The number of carbonyl (C=O) groups is 1. The number of benzene rings is 2. The average Bonchev–Trinajstić information content (AvgIpc) is 2.96. The van der Waals surface area contributed by atoms with Crippen LogP contribution in [0.5, 0.6) is 0 Å². The first-order valence-corrected chi connectivity index (χ1v) is 7.80. The summed E-state index contributed by atoms with van der Waals surface area (Å²) in [6.45, 7) is 1.66. The van der Waals surface area contributed by atoms with Crippen LogP contribution in [0.1, 0.15) is 21.7 Å². The van der Waals surface area contributed by atoms with Gasteiger partial charge in [-0.05, 0) is 49.4 Å². The third-order valence-electron chi connectivity index (χ3n) is 3.63. The van der Waals surface area contributed by atoms with Gasteiger partial charge >= 0.3 is 6.18 Å². The Hall–Kier alpha value is -2.87. The van der Waals surface area contributed by atoms with Crippen molar-refractivity contribution in [2.45, 2.75) is 13.1 Å². The predicted molar refractivity (Wildman–Crippen MR) is 90.5 cm³/mol. The summed E-state index contributed by atoms with van der Waals surface area (Å²) in [5.74, 6) is -0.574. The van der Waals surface area contributed by atoms with E-state index in [1.807, 2.05) is 0 Å². The molecule has 1 aromatic heterocycles. The molecule has 0 saturated carbocycles. The number of alkyl halides is 3. The second-order valence-corrected chi connectivity index (χ2v) is 5.88. The normalized spacial score (nSPS) is 11.4. The third-order valence-corrected chi connectivity index (χ3v) is 3.87. The molecular formula is C17H12ClF3N4O. The van der Waals surface area contributed by atoms with Crippen LogP contribution in [0.2, 0.25) is 5.02 Å². The molecular weight excluding hydrogens is 369 g/mol. The van der Waals surface area contributed by atoms with E-state index in [9.17, 15) is 18.0 Å². The number of aromatic nitrogens is 3. The van der Waals surface area contributed by atoms with E-state index in [2.05, 4.69) is 15.6 Å². The Labute approximate surface area is 151 Å². The molecule has 0 atom stereocenters. The highest BCUT2D eigenvalue weighted by molar-refractivity contribution is 6.30. The van der Waals surface area contributed by atoms with Crippen molar-refractivity contribution in [3.63, 3.8) is 0 Å². The van der Waals surface area contributed by atoms with Gasteiger partial charge in [-0.1, -0.05) is 22.9 Å². The molecule has 0 aliphatic heterocycles. The van der Waals surface area contributed by atoms with Crippen molar-refractivity contribution < 1.29 is 18.0 Å². The summed E-state index contributed by atoms with van der Waals surface area (Å²) < 4.78 is 39.2. The number of anilines is 1. The average molecular weight is 381 g/mol. The number of carbonyl (C=O) groups excluding carboxylic acids is 1. The first kappa shape index (κ1) is 17.9. The smallest absolute Gasteiger partial charge is 0.321 e. The number of halogens is 4. The van der Waals surface area contributed by atoms with Gasteiger partial charge in [0, 0.05) is 10.7 Å². The number of amides is 1. The van der Waals surface area contributed by atoms with Crippen LogP contribution in [0.15, 0.2) is 48.5 Å². The van der Waals surface area contributed by atoms with Gasteiger partial charge in [-0.2, -0.15) is 13.2 Å². The van der Waals surface area contributed by atoms with Gasteiger partial charge in [-0.15, -0.1) is 5.10 Å². The molecule has 5 nitrogen and oxygen atoms in total. The topological polar surface area (TPSA) is 59.8 Å². The van der Waals surface area contributed by atoms with E-state index in [0.29, 0.717) is 16.4 Å². The molecule has 0 saturated heterocycles. The number of nitrogens with one attached hydrogen (secondary N) is 1. The first-order valence-electron chi connectivity index (χ1n) is 7.42. The standard InChI is InChI=1S/C17H12ClF3N4O/c1-10-15(23-24-25(10)14-4-2-3-12(18)9-14)16(26)22-13-7-5-11(6-8-13)17(19,20)21/h2-9H,1H3,(H,22,26). The predicted octanol–water partition coefficient (Wildman–Crippen LogP) is 4.50. The third kappa shape index (κ3) is 3.70. The van der Waals surface area contributed by atoms with Crippen LogP contribution in [-0.2, 0) is 6.18 Å². The van der Waals surface area contributed by atoms with Gasteiger partial charge in [-0.25, -0.2) is 4.68 Å². The summed E-state index contributed by atoms with van der Waals surface area (Å²) in [6, 6.07) is 11.0. The molecule has 1 N–H and O–H groups in total. The summed E-state index contributed by atoms with van der Waals surface area (Å²) in [4.78, 5) is 12.4. The molecule has 134 valence electrons. The lowest BCUT2D eigenvalue weighted by molar-refractivity contribution is -0.137. The Balaban J connectivity index is 1.81. The fourth-order valence-corrected chi connectivity index (χ4v) is 2.51. The summed E-state index contributed by atoms with van der Waals surface area (Å²) in [5, 5.41) is 10.8. The number of hydrogen-bond donors (Lipinski definition) is 1. The fourth-order valence-electron chi connectivity index (χ4n) is 2.32. The Morgan fingerprint density at radius 1 is 1.15 bits per heavy atom. The molecule has 0 spiro atoms. The van der Waals surface area contributed by atoms with Crippen molar-refractivity contribution >= 4 is 23.2 Å².